The Morgan fingerprint density at radius 1 is 1.11 bits per heavy atom. The third kappa shape index (κ3) is 3.75. The standard InChI is InChI=1S/C21H21FN4O/c1-2-3-15-4-6-16(7-5-15)25-21-17-12-18(22)20(13-19(17)23-14-24-21)26-8-10-27-11-9-26/h2-7,12-14H,8-11H2,1H3,(H,23,24,25)/b3-2+. The molecule has 0 spiro atoms. The Bertz CT molecular complexity index is 966. The molecule has 1 saturated heterocycles. The van der Waals surface area contributed by atoms with Gasteiger partial charge in [-0.15, -0.1) is 0 Å². The first-order valence-electron chi connectivity index (χ1n) is 9.01. The molecule has 0 radical (unpaired) electrons. The number of benzene rings is 2. The van der Waals surface area contributed by atoms with E-state index in [1.54, 1.807) is 6.07 Å². The van der Waals surface area contributed by atoms with Crippen LogP contribution in [0.5, 0.6) is 0 Å². The van der Waals surface area contributed by atoms with Gasteiger partial charge >= 0.3 is 0 Å². The maximum Gasteiger partial charge on any atom is 0.147 e. The number of ether oxygens (including phenoxy) is 1. The number of nitrogens with zero attached hydrogens (tertiary/aromatic N) is 3. The van der Waals surface area contributed by atoms with Gasteiger partial charge in [0.05, 0.1) is 24.4 Å². The second-order valence-electron chi connectivity index (χ2n) is 6.39. The maximum atomic E-state index is 14.8. The Hall–Kier alpha value is -2.99. The summed E-state index contributed by atoms with van der Waals surface area (Å²) in [6, 6.07) is 11.3. The fraction of sp³-hybridized carbons (Fsp3) is 0.238. The van der Waals surface area contributed by atoms with Gasteiger partial charge in [0.25, 0.3) is 0 Å². The van der Waals surface area contributed by atoms with Gasteiger partial charge in [-0.05, 0) is 36.8 Å². The Balaban J connectivity index is 1.66. The van der Waals surface area contributed by atoms with E-state index >= 15 is 0 Å². The van der Waals surface area contributed by atoms with Crippen molar-refractivity contribution in [3.05, 3.63) is 60.2 Å². The maximum absolute atomic E-state index is 14.8. The zero-order valence-corrected chi connectivity index (χ0v) is 15.2. The minimum atomic E-state index is -0.273. The van der Waals surface area contributed by atoms with Crippen LogP contribution in [0.25, 0.3) is 17.0 Å². The fourth-order valence-corrected chi connectivity index (χ4v) is 3.22. The van der Waals surface area contributed by atoms with Crippen molar-refractivity contribution in [3.63, 3.8) is 0 Å². The molecule has 0 amide bonds. The lowest BCUT2D eigenvalue weighted by Gasteiger charge is -2.29. The molecule has 0 bridgehead atoms. The molecule has 138 valence electrons. The first kappa shape index (κ1) is 17.4. The highest BCUT2D eigenvalue weighted by atomic mass is 19.1. The molecule has 1 aromatic heterocycles. The lowest BCUT2D eigenvalue weighted by Crippen LogP contribution is -2.36. The molecule has 0 aliphatic carbocycles. The van der Waals surface area contributed by atoms with Crippen molar-refractivity contribution in [2.45, 2.75) is 6.92 Å². The zero-order valence-electron chi connectivity index (χ0n) is 15.2. The van der Waals surface area contributed by atoms with Gasteiger partial charge in [-0.25, -0.2) is 14.4 Å². The Morgan fingerprint density at radius 3 is 2.63 bits per heavy atom. The SMILES string of the molecule is C/C=C/c1ccc(Nc2ncnc3cc(N4CCOCC4)c(F)cc23)cc1. The Morgan fingerprint density at radius 2 is 1.89 bits per heavy atom. The number of anilines is 3. The highest BCUT2D eigenvalue weighted by molar-refractivity contribution is 5.92. The van der Waals surface area contributed by atoms with Gasteiger partial charge in [0, 0.05) is 24.2 Å². The topological polar surface area (TPSA) is 50.3 Å². The molecule has 1 aliphatic heterocycles. The largest absolute Gasteiger partial charge is 0.378 e. The van der Waals surface area contributed by atoms with Gasteiger partial charge in [0.1, 0.15) is 18.0 Å². The number of fused-ring (bicyclic) bond motifs is 1. The van der Waals surface area contributed by atoms with Crippen LogP contribution in [0.15, 0.2) is 48.8 Å². The summed E-state index contributed by atoms with van der Waals surface area (Å²) in [5.41, 5.74) is 3.28. The van der Waals surface area contributed by atoms with Gasteiger partial charge in [-0.3, -0.25) is 0 Å². The third-order valence-electron chi connectivity index (χ3n) is 4.59. The van der Waals surface area contributed by atoms with E-state index in [1.165, 1.54) is 12.4 Å². The molecule has 1 aliphatic rings. The van der Waals surface area contributed by atoms with E-state index in [0.717, 1.165) is 11.3 Å². The molecule has 0 unspecified atom stereocenters. The van der Waals surface area contributed by atoms with Crippen molar-refractivity contribution in [1.82, 2.24) is 9.97 Å². The molecular weight excluding hydrogens is 343 g/mol. The van der Waals surface area contributed by atoms with E-state index in [2.05, 4.69) is 15.3 Å². The first-order valence-corrected chi connectivity index (χ1v) is 9.01. The van der Waals surface area contributed by atoms with E-state index in [4.69, 9.17) is 4.74 Å². The van der Waals surface area contributed by atoms with E-state index < -0.39 is 0 Å². The first-order chi connectivity index (χ1) is 13.2. The van der Waals surface area contributed by atoms with Gasteiger partial charge in [0.15, 0.2) is 0 Å². The van der Waals surface area contributed by atoms with Crippen LogP contribution in [0, 0.1) is 5.82 Å². The second-order valence-corrected chi connectivity index (χ2v) is 6.39. The lowest BCUT2D eigenvalue weighted by atomic mass is 10.1. The van der Waals surface area contributed by atoms with Gasteiger partial charge in [-0.1, -0.05) is 24.3 Å². The monoisotopic (exact) mass is 364 g/mol. The van der Waals surface area contributed by atoms with Gasteiger partial charge < -0.3 is 15.0 Å². The Labute approximate surface area is 157 Å². The van der Waals surface area contributed by atoms with Crippen molar-refractivity contribution >= 4 is 34.2 Å². The molecule has 4 rings (SSSR count). The molecule has 0 saturated carbocycles. The number of aromatic nitrogens is 2. The minimum Gasteiger partial charge on any atom is -0.378 e. The molecule has 5 nitrogen and oxygen atoms in total. The Kier molecular flexibility index (Phi) is 4.98. The molecule has 27 heavy (non-hydrogen) atoms. The average Bonchev–Trinajstić information content (AvgIpc) is 2.70. The molecule has 2 heterocycles. The number of rotatable bonds is 4. The van der Waals surface area contributed by atoms with Gasteiger partial charge in [0.2, 0.25) is 0 Å². The van der Waals surface area contributed by atoms with E-state index in [1.807, 2.05) is 48.2 Å². The van der Waals surface area contributed by atoms with Crippen LogP contribution in [0.3, 0.4) is 0 Å². The highest BCUT2D eigenvalue weighted by Crippen LogP contribution is 2.30. The summed E-state index contributed by atoms with van der Waals surface area (Å²) in [4.78, 5) is 10.6. The predicted octanol–water partition coefficient (Wildman–Crippen LogP) is 4.38. The van der Waals surface area contributed by atoms with Crippen molar-refractivity contribution in [1.29, 1.82) is 0 Å². The summed E-state index contributed by atoms with van der Waals surface area (Å²) in [7, 11) is 0. The summed E-state index contributed by atoms with van der Waals surface area (Å²) >= 11 is 0. The van der Waals surface area contributed by atoms with Crippen molar-refractivity contribution in [2.75, 3.05) is 36.5 Å². The molecule has 1 N–H and O–H groups in total. The summed E-state index contributed by atoms with van der Waals surface area (Å²) in [5, 5.41) is 3.92. The van der Waals surface area contributed by atoms with Crippen LogP contribution in [0.1, 0.15) is 12.5 Å². The molecule has 1 fully saturated rings. The summed E-state index contributed by atoms with van der Waals surface area (Å²) in [6.07, 6.45) is 5.53. The van der Waals surface area contributed by atoms with Crippen LogP contribution in [0.2, 0.25) is 0 Å². The second kappa shape index (κ2) is 7.72. The molecule has 0 atom stereocenters. The quantitative estimate of drug-likeness (QED) is 0.744. The molecule has 6 heteroatoms. The fourth-order valence-electron chi connectivity index (χ4n) is 3.22. The van der Waals surface area contributed by atoms with Crippen LogP contribution in [0.4, 0.5) is 21.6 Å². The lowest BCUT2D eigenvalue weighted by molar-refractivity contribution is 0.122. The van der Waals surface area contributed by atoms with Crippen molar-refractivity contribution in [3.8, 4) is 0 Å². The number of allylic oxidation sites excluding steroid dienone is 1. The molecule has 3 aromatic rings. The predicted molar refractivity (Wildman–Crippen MR) is 107 cm³/mol. The van der Waals surface area contributed by atoms with Crippen LogP contribution in [-0.2, 0) is 4.74 Å². The molecular formula is C21H21FN4O. The van der Waals surface area contributed by atoms with Crippen LogP contribution >= 0.6 is 0 Å². The number of morpholine rings is 1. The third-order valence-corrected chi connectivity index (χ3v) is 4.59. The van der Waals surface area contributed by atoms with Crippen molar-refractivity contribution < 1.29 is 9.13 Å². The summed E-state index contributed by atoms with van der Waals surface area (Å²) in [5.74, 6) is 0.317. The number of nitrogens with one attached hydrogen (secondary N) is 1. The summed E-state index contributed by atoms with van der Waals surface area (Å²) < 4.78 is 20.1. The number of hydrogen-bond donors (Lipinski definition) is 1. The number of hydrogen-bond acceptors (Lipinski definition) is 5. The average molecular weight is 364 g/mol. The smallest absolute Gasteiger partial charge is 0.147 e. The van der Waals surface area contributed by atoms with E-state index in [9.17, 15) is 4.39 Å². The summed E-state index contributed by atoms with van der Waals surface area (Å²) in [6.45, 7) is 4.56. The normalized spacial score (nSPS) is 14.8. The number of halogens is 1. The van der Waals surface area contributed by atoms with Crippen LogP contribution in [-0.4, -0.2) is 36.3 Å². The minimum absolute atomic E-state index is 0.273. The molecule has 2 aromatic carbocycles. The van der Waals surface area contributed by atoms with Crippen LogP contribution < -0.4 is 10.2 Å². The van der Waals surface area contributed by atoms with Gasteiger partial charge in [-0.2, -0.15) is 0 Å². The zero-order chi connectivity index (χ0) is 18.6. The van der Waals surface area contributed by atoms with E-state index in [0.29, 0.717) is 48.7 Å². The van der Waals surface area contributed by atoms with Crippen molar-refractivity contribution in [2.24, 2.45) is 0 Å². The highest BCUT2D eigenvalue weighted by Gasteiger charge is 2.17. The van der Waals surface area contributed by atoms with E-state index in [-0.39, 0.29) is 5.82 Å².